The third-order valence-electron chi connectivity index (χ3n) is 2.51. The van der Waals surface area contributed by atoms with Gasteiger partial charge in [0, 0.05) is 6.42 Å². The van der Waals surface area contributed by atoms with Crippen LogP contribution in [0.3, 0.4) is 0 Å². The highest BCUT2D eigenvalue weighted by atomic mass is 16.6. The minimum absolute atomic E-state index is 0.00750. The molecule has 2 rings (SSSR count). The molecule has 0 bridgehead atoms. The summed E-state index contributed by atoms with van der Waals surface area (Å²) in [6, 6.07) is 0. The smallest absolute Gasteiger partial charge is 0.309 e. The largest absolute Gasteiger partial charge is 0.460 e. The van der Waals surface area contributed by atoms with Crippen molar-refractivity contribution >= 4 is 5.97 Å². The first-order valence-corrected chi connectivity index (χ1v) is 4.79. The molecule has 0 saturated carbocycles. The maximum atomic E-state index is 11.5. The second kappa shape index (κ2) is 3.92. The molecule has 0 radical (unpaired) electrons. The lowest BCUT2D eigenvalue weighted by Gasteiger charge is -2.13. The van der Waals surface area contributed by atoms with Gasteiger partial charge in [0.05, 0.1) is 19.1 Å². The van der Waals surface area contributed by atoms with E-state index in [1.165, 1.54) is 0 Å². The number of carbonyl (C=O) groups is 1. The summed E-state index contributed by atoms with van der Waals surface area (Å²) in [7, 11) is 0. The van der Waals surface area contributed by atoms with Crippen molar-refractivity contribution in [3.05, 3.63) is 12.2 Å². The van der Waals surface area contributed by atoms with E-state index in [9.17, 15) is 4.79 Å². The molecular formula is C10H14O3. The zero-order chi connectivity index (χ0) is 9.10. The van der Waals surface area contributed by atoms with Gasteiger partial charge in [-0.2, -0.15) is 0 Å². The molecule has 3 nitrogen and oxygen atoms in total. The maximum Gasteiger partial charge on any atom is 0.309 e. The van der Waals surface area contributed by atoms with Crippen LogP contribution >= 0.6 is 0 Å². The number of carbonyl (C=O) groups excluding carboxylic acids is 1. The van der Waals surface area contributed by atoms with E-state index in [0.717, 1.165) is 25.9 Å². The minimum Gasteiger partial charge on any atom is -0.460 e. The molecule has 0 spiro atoms. The summed E-state index contributed by atoms with van der Waals surface area (Å²) in [6.07, 6.45) is 6.62. The van der Waals surface area contributed by atoms with E-state index < -0.39 is 0 Å². The molecule has 1 saturated heterocycles. The Kier molecular flexibility index (Phi) is 2.64. The number of rotatable bonds is 2. The molecule has 0 aromatic rings. The normalized spacial score (nSPS) is 28.2. The average molecular weight is 182 g/mol. The number of ether oxygens (including phenoxy) is 2. The lowest BCUT2D eigenvalue weighted by atomic mass is 10.1. The molecule has 1 atom stereocenters. The minimum atomic E-state index is -0.0551. The van der Waals surface area contributed by atoms with Crippen LogP contribution in [-0.4, -0.2) is 25.3 Å². The van der Waals surface area contributed by atoms with Crippen molar-refractivity contribution in [1.29, 1.82) is 0 Å². The summed E-state index contributed by atoms with van der Waals surface area (Å²) in [6.45, 7) is 1.30. The van der Waals surface area contributed by atoms with Crippen molar-refractivity contribution in [1.82, 2.24) is 0 Å². The Bertz CT molecular complexity index is 208. The van der Waals surface area contributed by atoms with Crippen LogP contribution in [-0.2, 0) is 14.3 Å². The molecule has 0 N–H and O–H groups in total. The molecule has 1 heterocycles. The number of esters is 1. The van der Waals surface area contributed by atoms with Gasteiger partial charge in [0.2, 0.25) is 0 Å². The zero-order valence-electron chi connectivity index (χ0n) is 7.57. The van der Waals surface area contributed by atoms with Crippen LogP contribution in [0.2, 0.25) is 0 Å². The van der Waals surface area contributed by atoms with Crippen molar-refractivity contribution in [2.75, 3.05) is 13.2 Å². The summed E-state index contributed by atoms with van der Waals surface area (Å²) in [4.78, 5) is 11.5. The summed E-state index contributed by atoms with van der Waals surface area (Å²) in [5.41, 5.74) is 0. The summed E-state index contributed by atoms with van der Waals surface area (Å²) >= 11 is 0. The quantitative estimate of drug-likeness (QED) is 0.476. The second-order valence-electron chi connectivity index (χ2n) is 3.56. The van der Waals surface area contributed by atoms with E-state index in [-0.39, 0.29) is 18.0 Å². The van der Waals surface area contributed by atoms with Crippen LogP contribution < -0.4 is 0 Å². The molecule has 72 valence electrons. The van der Waals surface area contributed by atoms with Gasteiger partial charge in [0.25, 0.3) is 0 Å². The summed E-state index contributed by atoms with van der Waals surface area (Å²) < 4.78 is 10.4. The van der Waals surface area contributed by atoms with Gasteiger partial charge >= 0.3 is 5.97 Å². The number of hydrogen-bond acceptors (Lipinski definition) is 3. The molecule has 1 aliphatic heterocycles. The predicted octanol–water partition coefficient (Wildman–Crippen LogP) is 1.28. The molecular weight excluding hydrogens is 168 g/mol. The van der Waals surface area contributed by atoms with E-state index in [0.29, 0.717) is 6.61 Å². The molecule has 13 heavy (non-hydrogen) atoms. The molecule has 0 aromatic heterocycles. The van der Waals surface area contributed by atoms with Gasteiger partial charge in [-0.15, -0.1) is 0 Å². The fraction of sp³-hybridized carbons (Fsp3) is 0.700. The Morgan fingerprint density at radius 3 is 2.77 bits per heavy atom. The van der Waals surface area contributed by atoms with Gasteiger partial charge < -0.3 is 9.47 Å². The Balaban J connectivity index is 1.77. The molecule has 2 aliphatic rings. The first kappa shape index (κ1) is 8.75. The molecule has 3 heteroatoms. The predicted molar refractivity (Wildman–Crippen MR) is 47.2 cm³/mol. The topological polar surface area (TPSA) is 35.5 Å². The average Bonchev–Trinajstić information content (AvgIpc) is 2.74. The third-order valence-corrected chi connectivity index (χ3v) is 2.51. The van der Waals surface area contributed by atoms with Crippen molar-refractivity contribution < 1.29 is 14.3 Å². The van der Waals surface area contributed by atoms with Crippen LogP contribution in [0.1, 0.15) is 19.3 Å². The molecule has 0 unspecified atom stereocenters. The molecule has 0 aromatic carbocycles. The first-order valence-electron chi connectivity index (χ1n) is 4.79. The SMILES string of the molecule is O=C(O[C@H]1CCOC1)C1CC=CC1. The monoisotopic (exact) mass is 182 g/mol. The fourth-order valence-corrected chi connectivity index (χ4v) is 1.68. The van der Waals surface area contributed by atoms with Crippen molar-refractivity contribution in [3.63, 3.8) is 0 Å². The van der Waals surface area contributed by atoms with Crippen LogP contribution in [0.4, 0.5) is 0 Å². The van der Waals surface area contributed by atoms with E-state index >= 15 is 0 Å². The standard InChI is InChI=1S/C10H14O3/c11-10(8-3-1-2-4-8)13-9-5-6-12-7-9/h1-2,8-9H,3-7H2/t9-/m0/s1. The van der Waals surface area contributed by atoms with Crippen LogP contribution in [0.15, 0.2) is 12.2 Å². The molecule has 1 aliphatic carbocycles. The molecule has 0 amide bonds. The second-order valence-corrected chi connectivity index (χ2v) is 3.56. The Hall–Kier alpha value is -0.830. The first-order chi connectivity index (χ1) is 6.36. The Morgan fingerprint density at radius 2 is 2.15 bits per heavy atom. The van der Waals surface area contributed by atoms with Crippen molar-refractivity contribution in [2.24, 2.45) is 5.92 Å². The van der Waals surface area contributed by atoms with E-state index in [4.69, 9.17) is 9.47 Å². The van der Waals surface area contributed by atoms with Gasteiger partial charge in [0.15, 0.2) is 0 Å². The van der Waals surface area contributed by atoms with Crippen LogP contribution in [0.5, 0.6) is 0 Å². The molecule has 1 fully saturated rings. The van der Waals surface area contributed by atoms with Gasteiger partial charge in [-0.3, -0.25) is 4.79 Å². The highest BCUT2D eigenvalue weighted by Crippen LogP contribution is 2.21. The van der Waals surface area contributed by atoms with Gasteiger partial charge in [0.1, 0.15) is 6.10 Å². The fourth-order valence-electron chi connectivity index (χ4n) is 1.68. The van der Waals surface area contributed by atoms with E-state index in [1.54, 1.807) is 0 Å². The van der Waals surface area contributed by atoms with Crippen molar-refractivity contribution in [3.8, 4) is 0 Å². The Morgan fingerprint density at radius 1 is 1.38 bits per heavy atom. The van der Waals surface area contributed by atoms with Crippen molar-refractivity contribution in [2.45, 2.75) is 25.4 Å². The maximum absolute atomic E-state index is 11.5. The number of hydrogen-bond donors (Lipinski definition) is 0. The van der Waals surface area contributed by atoms with E-state index in [1.807, 2.05) is 12.2 Å². The lowest BCUT2D eigenvalue weighted by Crippen LogP contribution is -2.23. The summed E-state index contributed by atoms with van der Waals surface area (Å²) in [5.74, 6) is 0.0149. The zero-order valence-corrected chi connectivity index (χ0v) is 7.57. The highest BCUT2D eigenvalue weighted by molar-refractivity contribution is 5.73. The van der Waals surface area contributed by atoms with Crippen LogP contribution in [0.25, 0.3) is 0 Å². The van der Waals surface area contributed by atoms with Gasteiger partial charge in [-0.25, -0.2) is 0 Å². The van der Waals surface area contributed by atoms with Gasteiger partial charge in [-0.1, -0.05) is 12.2 Å². The summed E-state index contributed by atoms with van der Waals surface area (Å²) in [5, 5.41) is 0. The number of allylic oxidation sites excluding steroid dienone is 2. The third kappa shape index (κ3) is 2.10. The Labute approximate surface area is 77.7 Å². The van der Waals surface area contributed by atoms with Crippen LogP contribution in [0, 0.1) is 5.92 Å². The van der Waals surface area contributed by atoms with Gasteiger partial charge in [-0.05, 0) is 12.8 Å². The lowest BCUT2D eigenvalue weighted by molar-refractivity contribution is -0.153. The van der Waals surface area contributed by atoms with E-state index in [2.05, 4.69) is 0 Å². The highest BCUT2D eigenvalue weighted by Gasteiger charge is 2.25.